The van der Waals surface area contributed by atoms with Crippen molar-refractivity contribution < 1.29 is 14.3 Å². The number of para-hydroxylation sites is 2. The second kappa shape index (κ2) is 8.02. The first-order valence-corrected chi connectivity index (χ1v) is 7.99. The van der Waals surface area contributed by atoms with E-state index >= 15 is 0 Å². The van der Waals surface area contributed by atoms with E-state index in [4.69, 9.17) is 9.47 Å². The molecule has 25 heavy (non-hydrogen) atoms. The van der Waals surface area contributed by atoms with Crippen LogP contribution in [0.1, 0.15) is 15.9 Å². The van der Waals surface area contributed by atoms with Crippen LogP contribution in [0.4, 0.5) is 0 Å². The molecule has 3 aromatic rings. The minimum absolute atomic E-state index is 0.178. The number of rotatable bonds is 6. The van der Waals surface area contributed by atoms with Gasteiger partial charge >= 0.3 is 0 Å². The van der Waals surface area contributed by atoms with E-state index in [2.05, 4.69) is 5.32 Å². The Morgan fingerprint density at radius 1 is 0.840 bits per heavy atom. The molecule has 0 spiro atoms. The highest BCUT2D eigenvalue weighted by Gasteiger charge is 2.12. The Morgan fingerprint density at radius 3 is 2.24 bits per heavy atom. The number of methoxy groups -OCH3 is 1. The Hall–Kier alpha value is -3.27. The number of carbonyl (C=O) groups excluding carboxylic acids is 1. The zero-order chi connectivity index (χ0) is 17.5. The van der Waals surface area contributed by atoms with E-state index < -0.39 is 0 Å². The predicted octanol–water partition coefficient (Wildman–Crippen LogP) is 4.42. The lowest BCUT2D eigenvalue weighted by Gasteiger charge is -2.11. The van der Waals surface area contributed by atoms with Gasteiger partial charge in [-0.3, -0.25) is 4.79 Å². The zero-order valence-corrected chi connectivity index (χ0v) is 13.9. The van der Waals surface area contributed by atoms with Crippen LogP contribution in [0, 0.1) is 0 Å². The monoisotopic (exact) mass is 333 g/mol. The van der Waals surface area contributed by atoms with Crippen LogP contribution < -0.4 is 14.8 Å². The molecule has 3 aromatic carbocycles. The van der Waals surface area contributed by atoms with Crippen molar-refractivity contribution in [2.24, 2.45) is 0 Å². The van der Waals surface area contributed by atoms with Gasteiger partial charge in [-0.15, -0.1) is 0 Å². The molecule has 126 valence electrons. The molecule has 0 aliphatic carbocycles. The van der Waals surface area contributed by atoms with Gasteiger partial charge in [-0.05, 0) is 42.0 Å². The highest BCUT2D eigenvalue weighted by molar-refractivity contribution is 5.96. The maximum atomic E-state index is 12.5. The summed E-state index contributed by atoms with van der Waals surface area (Å²) in [6.07, 6.45) is 0. The third-order valence-electron chi connectivity index (χ3n) is 3.71. The fourth-order valence-corrected chi connectivity index (χ4v) is 2.38. The summed E-state index contributed by atoms with van der Waals surface area (Å²) in [5.41, 5.74) is 1.50. The van der Waals surface area contributed by atoms with Crippen molar-refractivity contribution in [3.63, 3.8) is 0 Å². The van der Waals surface area contributed by atoms with Crippen molar-refractivity contribution >= 4 is 5.91 Å². The number of hydrogen-bond donors (Lipinski definition) is 1. The molecule has 0 heterocycles. The third-order valence-corrected chi connectivity index (χ3v) is 3.71. The quantitative estimate of drug-likeness (QED) is 0.726. The minimum atomic E-state index is -0.178. The molecule has 0 aliphatic heterocycles. The summed E-state index contributed by atoms with van der Waals surface area (Å²) >= 11 is 0. The van der Waals surface area contributed by atoms with Crippen LogP contribution in [-0.4, -0.2) is 13.0 Å². The lowest BCUT2D eigenvalue weighted by molar-refractivity contribution is 0.0948. The molecule has 0 radical (unpaired) electrons. The second-order valence-corrected chi connectivity index (χ2v) is 5.44. The van der Waals surface area contributed by atoms with Crippen molar-refractivity contribution in [2.45, 2.75) is 6.54 Å². The molecular formula is C21H19NO3. The molecule has 0 aromatic heterocycles. The first kappa shape index (κ1) is 16.6. The summed E-state index contributed by atoms with van der Waals surface area (Å²) in [7, 11) is 1.63. The number of nitrogens with one attached hydrogen (secondary N) is 1. The van der Waals surface area contributed by atoms with Crippen LogP contribution >= 0.6 is 0 Å². The molecule has 0 unspecified atom stereocenters. The second-order valence-electron chi connectivity index (χ2n) is 5.44. The Morgan fingerprint density at radius 2 is 1.52 bits per heavy atom. The molecule has 0 aliphatic rings. The van der Waals surface area contributed by atoms with E-state index in [0.717, 1.165) is 11.3 Å². The smallest absolute Gasteiger partial charge is 0.255 e. The lowest BCUT2D eigenvalue weighted by Crippen LogP contribution is -2.23. The van der Waals surface area contributed by atoms with E-state index in [1.165, 1.54) is 0 Å². The first-order chi connectivity index (χ1) is 12.3. The van der Waals surface area contributed by atoms with Gasteiger partial charge in [0.05, 0.1) is 12.7 Å². The van der Waals surface area contributed by atoms with Gasteiger partial charge in [-0.1, -0.05) is 42.5 Å². The molecule has 3 rings (SSSR count). The van der Waals surface area contributed by atoms with E-state index in [9.17, 15) is 4.79 Å². The van der Waals surface area contributed by atoms with Crippen molar-refractivity contribution in [3.05, 3.63) is 90.0 Å². The normalized spacial score (nSPS) is 10.1. The van der Waals surface area contributed by atoms with Crippen LogP contribution in [0.3, 0.4) is 0 Å². The van der Waals surface area contributed by atoms with Gasteiger partial charge in [-0.2, -0.15) is 0 Å². The largest absolute Gasteiger partial charge is 0.497 e. The van der Waals surface area contributed by atoms with Crippen molar-refractivity contribution in [3.8, 4) is 17.2 Å². The van der Waals surface area contributed by atoms with Gasteiger partial charge in [0.25, 0.3) is 5.91 Å². The number of benzene rings is 3. The first-order valence-electron chi connectivity index (χ1n) is 7.99. The Kier molecular flexibility index (Phi) is 5.32. The maximum Gasteiger partial charge on any atom is 0.255 e. The maximum absolute atomic E-state index is 12.5. The fourth-order valence-electron chi connectivity index (χ4n) is 2.38. The number of ether oxygens (including phenoxy) is 2. The minimum Gasteiger partial charge on any atom is -0.497 e. The summed E-state index contributed by atoms with van der Waals surface area (Å²) in [6.45, 7) is 0.433. The average Bonchev–Trinajstić information content (AvgIpc) is 2.68. The Balaban J connectivity index is 1.69. The number of amides is 1. The van der Waals surface area contributed by atoms with Crippen molar-refractivity contribution in [2.75, 3.05) is 7.11 Å². The average molecular weight is 333 g/mol. The van der Waals surface area contributed by atoms with Gasteiger partial charge in [0.1, 0.15) is 17.2 Å². The van der Waals surface area contributed by atoms with Gasteiger partial charge in [-0.25, -0.2) is 0 Å². The molecule has 0 fully saturated rings. The summed E-state index contributed by atoms with van der Waals surface area (Å²) in [6, 6.07) is 24.2. The van der Waals surface area contributed by atoms with Gasteiger partial charge in [0.15, 0.2) is 0 Å². The molecule has 0 atom stereocenters. The highest BCUT2D eigenvalue weighted by Crippen LogP contribution is 2.25. The van der Waals surface area contributed by atoms with Gasteiger partial charge < -0.3 is 14.8 Å². The standard InChI is InChI=1S/C21H19NO3/c1-24-17-13-11-16(12-14-17)15-22-21(23)19-9-5-6-10-20(19)25-18-7-3-2-4-8-18/h2-14H,15H2,1H3,(H,22,23). The number of carbonyl (C=O) groups is 1. The van der Waals surface area contributed by atoms with Crippen molar-refractivity contribution in [1.29, 1.82) is 0 Å². The molecule has 1 amide bonds. The van der Waals surface area contributed by atoms with Crippen LogP contribution in [0.5, 0.6) is 17.2 Å². The Labute approximate surface area is 147 Å². The van der Waals surface area contributed by atoms with E-state index in [-0.39, 0.29) is 5.91 Å². The van der Waals surface area contributed by atoms with Crippen LogP contribution in [0.15, 0.2) is 78.9 Å². The van der Waals surface area contributed by atoms with Crippen LogP contribution in [-0.2, 0) is 6.54 Å². The van der Waals surface area contributed by atoms with E-state index in [0.29, 0.717) is 23.6 Å². The highest BCUT2D eigenvalue weighted by atomic mass is 16.5. The summed E-state index contributed by atoms with van der Waals surface area (Å²) in [5, 5.41) is 2.92. The molecule has 1 N–H and O–H groups in total. The molecule has 0 bridgehead atoms. The molecule has 0 saturated heterocycles. The summed E-state index contributed by atoms with van der Waals surface area (Å²) < 4.78 is 11.0. The SMILES string of the molecule is COc1ccc(CNC(=O)c2ccccc2Oc2ccccc2)cc1. The van der Waals surface area contributed by atoms with Crippen molar-refractivity contribution in [1.82, 2.24) is 5.32 Å². The van der Waals surface area contributed by atoms with Crippen LogP contribution in [0.25, 0.3) is 0 Å². The summed E-state index contributed by atoms with van der Waals surface area (Å²) in [5.74, 6) is 1.83. The van der Waals surface area contributed by atoms with E-state index in [1.54, 1.807) is 19.2 Å². The zero-order valence-electron chi connectivity index (χ0n) is 13.9. The molecule has 4 heteroatoms. The Bertz CT molecular complexity index is 829. The molecule has 4 nitrogen and oxygen atoms in total. The summed E-state index contributed by atoms with van der Waals surface area (Å²) in [4.78, 5) is 12.5. The topological polar surface area (TPSA) is 47.6 Å². The molecule has 0 saturated carbocycles. The molecular weight excluding hydrogens is 314 g/mol. The third kappa shape index (κ3) is 4.38. The lowest BCUT2D eigenvalue weighted by atomic mass is 10.1. The number of hydrogen-bond acceptors (Lipinski definition) is 3. The predicted molar refractivity (Wildman–Crippen MR) is 97.1 cm³/mol. The van der Waals surface area contributed by atoms with Crippen LogP contribution in [0.2, 0.25) is 0 Å². The fraction of sp³-hybridized carbons (Fsp3) is 0.0952. The van der Waals surface area contributed by atoms with Gasteiger partial charge in [0, 0.05) is 6.54 Å². The van der Waals surface area contributed by atoms with E-state index in [1.807, 2.05) is 66.7 Å². The van der Waals surface area contributed by atoms with Gasteiger partial charge in [0.2, 0.25) is 0 Å².